The number of carbonyl (C=O) groups is 1. The first-order valence-electron chi connectivity index (χ1n) is 9.25. The molecule has 0 saturated carbocycles. The minimum Gasteiger partial charge on any atom is -0.507 e. The van der Waals surface area contributed by atoms with Gasteiger partial charge in [0.25, 0.3) is 0 Å². The molecule has 1 amide bonds. The van der Waals surface area contributed by atoms with Crippen LogP contribution in [0.4, 0.5) is 5.69 Å². The molecule has 0 fully saturated rings. The molecule has 5 nitrogen and oxygen atoms in total. The van der Waals surface area contributed by atoms with Gasteiger partial charge in [0.2, 0.25) is 5.91 Å². The van der Waals surface area contributed by atoms with Gasteiger partial charge in [-0.3, -0.25) is 9.78 Å². The molecule has 29 heavy (non-hydrogen) atoms. The van der Waals surface area contributed by atoms with Gasteiger partial charge in [-0.05, 0) is 30.3 Å². The van der Waals surface area contributed by atoms with Crippen molar-refractivity contribution in [1.82, 2.24) is 9.97 Å². The van der Waals surface area contributed by atoms with Crippen molar-refractivity contribution in [2.75, 3.05) is 5.32 Å². The van der Waals surface area contributed by atoms with Crippen LogP contribution in [0.2, 0.25) is 0 Å². The highest BCUT2D eigenvalue weighted by atomic mass is 16.3. The molecule has 3 aromatic carbocycles. The fourth-order valence-electron chi connectivity index (χ4n) is 3.60. The molecular formula is C24H17N3O2. The van der Waals surface area contributed by atoms with Crippen molar-refractivity contribution >= 4 is 50.2 Å². The number of rotatable bonds is 3. The molecule has 5 aromatic rings. The molecule has 5 heteroatoms. The van der Waals surface area contributed by atoms with E-state index in [1.54, 1.807) is 30.5 Å². The Bertz CT molecular complexity index is 1420. The van der Waals surface area contributed by atoms with Gasteiger partial charge >= 0.3 is 0 Å². The number of anilines is 1. The number of hydrogen-bond donors (Lipinski definition) is 3. The second kappa shape index (κ2) is 6.80. The first-order valence-corrected chi connectivity index (χ1v) is 9.25. The Hall–Kier alpha value is -4.12. The van der Waals surface area contributed by atoms with Crippen LogP contribution < -0.4 is 5.32 Å². The summed E-state index contributed by atoms with van der Waals surface area (Å²) in [6.07, 6.45) is 4.93. The van der Waals surface area contributed by atoms with Gasteiger partial charge in [-0.15, -0.1) is 0 Å². The Morgan fingerprint density at radius 3 is 2.62 bits per heavy atom. The normalized spacial score (nSPS) is 11.6. The first-order chi connectivity index (χ1) is 14.2. The maximum Gasteiger partial charge on any atom is 0.248 e. The molecular weight excluding hydrogens is 362 g/mol. The number of hydrogen-bond acceptors (Lipinski definition) is 3. The number of nitrogens with zero attached hydrogens (tertiary/aromatic N) is 1. The Labute approximate surface area is 166 Å². The summed E-state index contributed by atoms with van der Waals surface area (Å²) in [6.45, 7) is 0. The number of aromatic nitrogens is 2. The molecule has 2 heterocycles. The summed E-state index contributed by atoms with van der Waals surface area (Å²) in [6, 6.07) is 20.7. The van der Waals surface area contributed by atoms with E-state index in [0.29, 0.717) is 16.8 Å². The first kappa shape index (κ1) is 17.0. The lowest BCUT2D eigenvalue weighted by atomic mass is 10.1. The summed E-state index contributed by atoms with van der Waals surface area (Å²) >= 11 is 0. The van der Waals surface area contributed by atoms with Crippen LogP contribution in [-0.2, 0) is 4.79 Å². The average molecular weight is 379 g/mol. The quantitative estimate of drug-likeness (QED) is 0.376. The zero-order valence-electron chi connectivity index (χ0n) is 15.4. The van der Waals surface area contributed by atoms with Gasteiger partial charge in [-0.25, -0.2) is 0 Å². The summed E-state index contributed by atoms with van der Waals surface area (Å²) in [5.41, 5.74) is 3.37. The zero-order chi connectivity index (χ0) is 19.8. The number of benzene rings is 3. The number of carbonyl (C=O) groups excluding carboxylic acids is 1. The van der Waals surface area contributed by atoms with E-state index in [0.717, 1.165) is 27.2 Å². The lowest BCUT2D eigenvalue weighted by Crippen LogP contribution is -2.08. The molecule has 140 valence electrons. The van der Waals surface area contributed by atoms with Gasteiger partial charge in [-0.2, -0.15) is 0 Å². The summed E-state index contributed by atoms with van der Waals surface area (Å²) in [4.78, 5) is 20.2. The molecule has 0 aliphatic carbocycles. The van der Waals surface area contributed by atoms with Crippen LogP contribution in [0.15, 0.2) is 79.0 Å². The van der Waals surface area contributed by atoms with Crippen molar-refractivity contribution in [2.45, 2.75) is 0 Å². The summed E-state index contributed by atoms with van der Waals surface area (Å²) in [5.74, 6) is -0.0768. The van der Waals surface area contributed by atoms with Gasteiger partial charge in [0.1, 0.15) is 5.75 Å². The van der Waals surface area contributed by atoms with Crippen LogP contribution in [0.3, 0.4) is 0 Å². The van der Waals surface area contributed by atoms with Crippen LogP contribution in [0.1, 0.15) is 5.69 Å². The number of amides is 1. The highest BCUT2D eigenvalue weighted by molar-refractivity contribution is 6.09. The number of aromatic amines is 1. The van der Waals surface area contributed by atoms with Crippen molar-refractivity contribution in [1.29, 1.82) is 0 Å². The van der Waals surface area contributed by atoms with Crippen LogP contribution in [-0.4, -0.2) is 21.0 Å². The fraction of sp³-hybridized carbons (Fsp3) is 0. The molecule has 0 bridgehead atoms. The molecule has 0 aliphatic rings. The maximum absolute atomic E-state index is 12.4. The third kappa shape index (κ3) is 3.08. The minimum atomic E-state index is -0.262. The Kier molecular flexibility index (Phi) is 3.99. The zero-order valence-corrected chi connectivity index (χ0v) is 15.4. The Morgan fingerprint density at radius 1 is 0.897 bits per heavy atom. The van der Waals surface area contributed by atoms with E-state index in [2.05, 4.69) is 21.4 Å². The molecule has 0 radical (unpaired) electrons. The van der Waals surface area contributed by atoms with Gasteiger partial charge in [-0.1, -0.05) is 42.5 Å². The van der Waals surface area contributed by atoms with Crippen molar-refractivity contribution in [3.63, 3.8) is 0 Å². The fourth-order valence-corrected chi connectivity index (χ4v) is 3.60. The van der Waals surface area contributed by atoms with Crippen molar-refractivity contribution in [2.24, 2.45) is 0 Å². The Morgan fingerprint density at radius 2 is 1.69 bits per heavy atom. The molecule has 3 N–H and O–H groups in total. The number of nitrogens with one attached hydrogen (secondary N) is 2. The second-order valence-corrected chi connectivity index (χ2v) is 6.83. The lowest BCUT2D eigenvalue weighted by molar-refractivity contribution is -0.111. The topological polar surface area (TPSA) is 78.0 Å². The van der Waals surface area contributed by atoms with E-state index in [-0.39, 0.29) is 11.7 Å². The average Bonchev–Trinajstić information content (AvgIpc) is 3.11. The van der Waals surface area contributed by atoms with Crippen molar-refractivity contribution < 1.29 is 9.90 Å². The summed E-state index contributed by atoms with van der Waals surface area (Å²) in [5, 5.41) is 16.5. The van der Waals surface area contributed by atoms with E-state index in [1.165, 1.54) is 6.08 Å². The Balaban J connectivity index is 1.42. The number of phenols is 1. The van der Waals surface area contributed by atoms with E-state index < -0.39 is 0 Å². The van der Waals surface area contributed by atoms with Crippen LogP contribution in [0.5, 0.6) is 5.75 Å². The molecule has 2 aromatic heterocycles. The molecule has 0 atom stereocenters. The predicted molar refractivity (Wildman–Crippen MR) is 117 cm³/mol. The number of fused-ring (bicyclic) bond motifs is 4. The van der Waals surface area contributed by atoms with E-state index in [4.69, 9.17) is 0 Å². The second-order valence-electron chi connectivity index (χ2n) is 6.83. The number of aromatic hydroxyl groups is 1. The van der Waals surface area contributed by atoms with Gasteiger partial charge in [0, 0.05) is 38.8 Å². The highest BCUT2D eigenvalue weighted by Gasteiger charge is 2.07. The molecule has 0 unspecified atom stereocenters. The summed E-state index contributed by atoms with van der Waals surface area (Å²) in [7, 11) is 0. The van der Waals surface area contributed by atoms with Crippen LogP contribution in [0.25, 0.3) is 38.7 Å². The standard InChI is InChI=1S/C24H17N3O2/c28-23-10-4-6-16-18(23)7-3-9-21(16)27-24(29)12-11-15-13-19-17-5-1-2-8-20(17)26-22(19)14-25-15/h1-14,26,28H,(H,27,29)/b12-11+. The number of H-pyrrole nitrogens is 1. The maximum atomic E-state index is 12.4. The van der Waals surface area contributed by atoms with Gasteiger partial charge in [0.05, 0.1) is 17.4 Å². The van der Waals surface area contributed by atoms with E-state index in [1.807, 2.05) is 42.5 Å². The van der Waals surface area contributed by atoms with Crippen LogP contribution >= 0.6 is 0 Å². The van der Waals surface area contributed by atoms with Gasteiger partial charge < -0.3 is 15.4 Å². The van der Waals surface area contributed by atoms with Crippen molar-refractivity contribution in [3.8, 4) is 5.75 Å². The largest absolute Gasteiger partial charge is 0.507 e. The smallest absolute Gasteiger partial charge is 0.248 e. The third-order valence-electron chi connectivity index (χ3n) is 4.97. The lowest BCUT2D eigenvalue weighted by Gasteiger charge is -2.08. The summed E-state index contributed by atoms with van der Waals surface area (Å²) < 4.78 is 0. The SMILES string of the molecule is O=C(/C=C/c1cc2c(cn1)[nH]c1ccccc12)Nc1cccc2c(O)cccc12. The van der Waals surface area contributed by atoms with E-state index >= 15 is 0 Å². The number of para-hydroxylation sites is 1. The van der Waals surface area contributed by atoms with Gasteiger partial charge in [0.15, 0.2) is 0 Å². The predicted octanol–water partition coefficient (Wildman–Crippen LogP) is 5.23. The van der Waals surface area contributed by atoms with Crippen LogP contribution in [0, 0.1) is 0 Å². The molecule has 0 aliphatic heterocycles. The third-order valence-corrected chi connectivity index (χ3v) is 4.97. The number of pyridine rings is 1. The monoisotopic (exact) mass is 379 g/mol. The number of phenolic OH excluding ortho intramolecular Hbond substituents is 1. The highest BCUT2D eigenvalue weighted by Crippen LogP contribution is 2.30. The van der Waals surface area contributed by atoms with Crippen molar-refractivity contribution in [3.05, 3.63) is 84.7 Å². The molecule has 0 saturated heterocycles. The molecule has 5 rings (SSSR count). The minimum absolute atomic E-state index is 0.186. The molecule has 0 spiro atoms. The van der Waals surface area contributed by atoms with E-state index in [9.17, 15) is 9.90 Å².